The second-order valence-electron chi connectivity index (χ2n) is 6.85. The Morgan fingerprint density at radius 3 is 2.47 bits per heavy atom. The van der Waals surface area contributed by atoms with Crippen molar-refractivity contribution in [2.24, 2.45) is 0 Å². The maximum atomic E-state index is 13.1. The number of carbonyl (C=O) groups is 2. The quantitative estimate of drug-likeness (QED) is 0.441. The molecule has 3 rings (SSSR count). The molecule has 3 aromatic rings. The molecule has 1 aromatic heterocycles. The van der Waals surface area contributed by atoms with Gasteiger partial charge in [-0.25, -0.2) is 4.98 Å². The van der Waals surface area contributed by atoms with Gasteiger partial charge >= 0.3 is 6.18 Å². The Morgan fingerprint density at radius 2 is 1.82 bits per heavy atom. The summed E-state index contributed by atoms with van der Waals surface area (Å²) >= 11 is 1.06. The second kappa shape index (κ2) is 10.4. The molecule has 0 radical (unpaired) electrons. The lowest BCUT2D eigenvalue weighted by Gasteiger charge is -2.19. The number of thiazole rings is 1. The molecule has 178 valence electrons. The first kappa shape index (κ1) is 24.8. The monoisotopic (exact) mass is 491 g/mol. The third kappa shape index (κ3) is 5.93. The Hall–Kier alpha value is -3.86. The summed E-state index contributed by atoms with van der Waals surface area (Å²) in [6.07, 6.45) is -1.87. The van der Waals surface area contributed by atoms with Gasteiger partial charge in [-0.1, -0.05) is 6.07 Å². The number of anilines is 3. The van der Waals surface area contributed by atoms with Crippen molar-refractivity contribution in [2.45, 2.75) is 13.1 Å². The molecule has 11 heteroatoms. The smallest absolute Gasteiger partial charge is 0.416 e. The lowest BCUT2D eigenvalue weighted by atomic mass is 10.2. The number of nitrogens with zero attached hydrogens (tertiary/aromatic N) is 2. The first-order valence-corrected chi connectivity index (χ1v) is 10.6. The van der Waals surface area contributed by atoms with Gasteiger partial charge < -0.3 is 14.8 Å². The number of nitrogens with one attached hydrogen (secondary N) is 1. The van der Waals surface area contributed by atoms with Crippen LogP contribution in [-0.2, 0) is 15.8 Å². The molecule has 0 aliphatic carbocycles. The highest BCUT2D eigenvalue weighted by Gasteiger charge is 2.31. The van der Waals surface area contributed by atoms with Crippen molar-refractivity contribution in [1.29, 1.82) is 0 Å². The summed E-state index contributed by atoms with van der Waals surface area (Å²) in [5.74, 6) is 0.0210. The van der Waals surface area contributed by atoms with Crippen LogP contribution in [0.25, 0.3) is 6.08 Å². The van der Waals surface area contributed by atoms with E-state index >= 15 is 0 Å². The number of amides is 2. The number of ether oxygens (including phenoxy) is 2. The molecule has 0 atom stereocenters. The summed E-state index contributed by atoms with van der Waals surface area (Å²) < 4.78 is 49.6. The number of rotatable bonds is 7. The molecule has 0 spiro atoms. The number of hydrogen-bond donors (Lipinski definition) is 1. The lowest BCUT2D eigenvalue weighted by molar-refractivity contribution is -0.137. The van der Waals surface area contributed by atoms with Crippen LogP contribution in [0.3, 0.4) is 0 Å². The van der Waals surface area contributed by atoms with E-state index in [9.17, 15) is 22.8 Å². The summed E-state index contributed by atoms with van der Waals surface area (Å²) in [6.45, 7) is 1.23. The van der Waals surface area contributed by atoms with Crippen LogP contribution in [0, 0.1) is 0 Å². The largest absolute Gasteiger partial charge is 0.493 e. The van der Waals surface area contributed by atoms with Crippen molar-refractivity contribution >= 4 is 45.7 Å². The summed E-state index contributed by atoms with van der Waals surface area (Å²) in [5.41, 5.74) is 0.0115. The standard InChI is InChI=1S/C23H20F3N3O4S/c1-14(30)29(18-6-4-5-15(11-18)23(24,25)26)22-28-17(13-34-22)8-10-21(31)27-16-7-9-19(32-2)20(12-16)33-3/h4-13H,1-3H3,(H,27,31)/b10-8+. The van der Waals surface area contributed by atoms with E-state index < -0.39 is 23.6 Å². The maximum absolute atomic E-state index is 13.1. The van der Waals surface area contributed by atoms with Crippen LogP contribution in [0.1, 0.15) is 18.2 Å². The van der Waals surface area contributed by atoms with E-state index in [0.717, 1.165) is 28.4 Å². The normalized spacial score (nSPS) is 11.4. The van der Waals surface area contributed by atoms with Crippen molar-refractivity contribution in [1.82, 2.24) is 4.98 Å². The molecular weight excluding hydrogens is 471 g/mol. The molecule has 0 bridgehead atoms. The number of methoxy groups -OCH3 is 2. The molecule has 2 aromatic carbocycles. The summed E-state index contributed by atoms with van der Waals surface area (Å²) in [4.78, 5) is 29.8. The Bertz CT molecular complexity index is 1220. The first-order chi connectivity index (χ1) is 16.1. The number of benzene rings is 2. The zero-order chi connectivity index (χ0) is 24.9. The summed E-state index contributed by atoms with van der Waals surface area (Å²) in [7, 11) is 2.98. The van der Waals surface area contributed by atoms with Gasteiger partial charge in [-0.2, -0.15) is 13.2 Å². The van der Waals surface area contributed by atoms with E-state index in [2.05, 4.69) is 10.3 Å². The third-order valence-electron chi connectivity index (χ3n) is 4.50. The van der Waals surface area contributed by atoms with Gasteiger partial charge in [0.15, 0.2) is 16.6 Å². The van der Waals surface area contributed by atoms with Crippen LogP contribution >= 0.6 is 11.3 Å². The minimum atomic E-state index is -4.55. The van der Waals surface area contributed by atoms with Gasteiger partial charge in [0.1, 0.15) is 0 Å². The summed E-state index contributed by atoms with van der Waals surface area (Å²) in [6, 6.07) is 9.32. The van der Waals surface area contributed by atoms with Crippen LogP contribution in [0.4, 0.5) is 29.7 Å². The number of hydrogen-bond acceptors (Lipinski definition) is 6. The Labute approximate surface area is 197 Å². The zero-order valence-corrected chi connectivity index (χ0v) is 19.2. The van der Waals surface area contributed by atoms with Crippen LogP contribution in [0.2, 0.25) is 0 Å². The minimum absolute atomic E-state index is 0.0402. The predicted octanol–water partition coefficient (Wildman–Crippen LogP) is 5.52. The topological polar surface area (TPSA) is 80.8 Å². The van der Waals surface area contributed by atoms with Gasteiger partial charge in [-0.3, -0.25) is 14.5 Å². The fourth-order valence-corrected chi connectivity index (χ4v) is 3.82. The molecule has 0 aliphatic heterocycles. The van der Waals surface area contributed by atoms with E-state index in [-0.39, 0.29) is 10.8 Å². The van der Waals surface area contributed by atoms with Crippen LogP contribution in [0.5, 0.6) is 11.5 Å². The van der Waals surface area contributed by atoms with E-state index in [0.29, 0.717) is 22.9 Å². The van der Waals surface area contributed by atoms with E-state index in [4.69, 9.17) is 9.47 Å². The predicted molar refractivity (Wildman–Crippen MR) is 124 cm³/mol. The second-order valence-corrected chi connectivity index (χ2v) is 7.69. The van der Waals surface area contributed by atoms with Gasteiger partial charge in [0, 0.05) is 30.1 Å². The van der Waals surface area contributed by atoms with E-state index in [1.807, 2.05) is 0 Å². The van der Waals surface area contributed by atoms with Gasteiger partial charge in [0.2, 0.25) is 11.8 Å². The van der Waals surface area contributed by atoms with Gasteiger partial charge in [-0.05, 0) is 36.4 Å². The van der Waals surface area contributed by atoms with Gasteiger partial charge in [-0.15, -0.1) is 11.3 Å². The molecule has 0 unspecified atom stereocenters. The molecule has 0 saturated carbocycles. The molecular formula is C23H20F3N3O4S. The Morgan fingerprint density at radius 1 is 1.09 bits per heavy atom. The van der Waals surface area contributed by atoms with E-state index in [1.54, 1.807) is 23.6 Å². The highest BCUT2D eigenvalue weighted by Crippen LogP contribution is 2.35. The molecule has 0 aliphatic rings. The first-order valence-electron chi connectivity index (χ1n) is 9.77. The van der Waals surface area contributed by atoms with Gasteiger partial charge in [0.25, 0.3) is 0 Å². The number of alkyl halides is 3. The summed E-state index contributed by atoms with van der Waals surface area (Å²) in [5, 5.41) is 4.43. The van der Waals surface area contributed by atoms with Crippen LogP contribution < -0.4 is 19.7 Å². The molecule has 0 saturated heterocycles. The number of aromatic nitrogens is 1. The molecule has 34 heavy (non-hydrogen) atoms. The lowest BCUT2D eigenvalue weighted by Crippen LogP contribution is -2.23. The fraction of sp³-hybridized carbons (Fsp3) is 0.174. The SMILES string of the molecule is COc1ccc(NC(=O)/C=C/c2csc(N(C(C)=O)c3cccc(C(F)(F)F)c3)n2)cc1OC. The van der Waals surface area contributed by atoms with Crippen molar-refractivity contribution < 1.29 is 32.2 Å². The molecule has 2 amide bonds. The van der Waals surface area contributed by atoms with Crippen LogP contribution in [0.15, 0.2) is 53.9 Å². The number of halogens is 3. The highest BCUT2D eigenvalue weighted by atomic mass is 32.1. The number of carbonyl (C=O) groups excluding carboxylic acids is 2. The average molecular weight is 491 g/mol. The van der Waals surface area contributed by atoms with Crippen molar-refractivity contribution in [2.75, 3.05) is 24.4 Å². The molecule has 1 heterocycles. The molecule has 7 nitrogen and oxygen atoms in total. The van der Waals surface area contributed by atoms with Crippen molar-refractivity contribution in [3.05, 3.63) is 65.2 Å². The Kier molecular flexibility index (Phi) is 7.57. The highest BCUT2D eigenvalue weighted by molar-refractivity contribution is 7.14. The van der Waals surface area contributed by atoms with Gasteiger partial charge in [0.05, 0.1) is 31.2 Å². The maximum Gasteiger partial charge on any atom is 0.416 e. The van der Waals surface area contributed by atoms with Crippen LogP contribution in [-0.4, -0.2) is 31.0 Å². The minimum Gasteiger partial charge on any atom is -0.493 e. The third-order valence-corrected chi connectivity index (χ3v) is 5.35. The van der Waals surface area contributed by atoms with Crippen molar-refractivity contribution in [3.63, 3.8) is 0 Å². The Balaban J connectivity index is 1.76. The fourth-order valence-electron chi connectivity index (χ4n) is 2.96. The van der Waals surface area contributed by atoms with E-state index in [1.165, 1.54) is 45.4 Å². The van der Waals surface area contributed by atoms with Crippen molar-refractivity contribution in [3.8, 4) is 11.5 Å². The molecule has 1 N–H and O–H groups in total. The average Bonchev–Trinajstić information content (AvgIpc) is 3.25. The zero-order valence-electron chi connectivity index (χ0n) is 18.3. The molecule has 0 fully saturated rings.